The van der Waals surface area contributed by atoms with Gasteiger partial charge < -0.3 is 5.11 Å². The van der Waals surface area contributed by atoms with Gasteiger partial charge in [-0.25, -0.2) is 4.79 Å². The maximum Gasteiger partial charge on any atom is 0.339 e. The van der Waals surface area contributed by atoms with Crippen LogP contribution in [-0.2, 0) is 9.59 Å². The van der Waals surface area contributed by atoms with E-state index in [9.17, 15) is 9.59 Å². The minimum Gasteiger partial charge on any atom is -0.478 e. The van der Waals surface area contributed by atoms with Crippen LogP contribution < -0.4 is 0 Å². The van der Waals surface area contributed by atoms with Gasteiger partial charge in [0.2, 0.25) is 0 Å². The summed E-state index contributed by atoms with van der Waals surface area (Å²) in [5.74, 6) is -1.68. The largest absolute Gasteiger partial charge is 0.478 e. The quantitative estimate of drug-likeness (QED) is 0.351. The molecule has 1 aliphatic carbocycles. The van der Waals surface area contributed by atoms with E-state index in [0.29, 0.717) is 12.0 Å². The van der Waals surface area contributed by atoms with Crippen LogP contribution in [0.1, 0.15) is 6.42 Å². The van der Waals surface area contributed by atoms with Crippen molar-refractivity contribution in [2.24, 2.45) is 0 Å². The van der Waals surface area contributed by atoms with E-state index in [0.717, 1.165) is 0 Å². The molecule has 3 heteroatoms. The van der Waals surface area contributed by atoms with Crippen molar-refractivity contribution in [3.8, 4) is 0 Å². The summed E-state index contributed by atoms with van der Waals surface area (Å²) >= 11 is 0. The Bertz CT molecular complexity index is 236. The molecule has 0 amide bonds. The molecule has 0 saturated carbocycles. The van der Waals surface area contributed by atoms with Gasteiger partial charge in [0, 0.05) is 5.57 Å². The van der Waals surface area contributed by atoms with Crippen LogP contribution in [0.3, 0.4) is 0 Å². The Morgan fingerprint density at radius 1 is 1.60 bits per heavy atom. The number of allylic oxidation sites excluding steroid dienone is 2. The minimum atomic E-state index is -1.24. The molecule has 0 aromatic carbocycles. The molecule has 0 atom stereocenters. The molecule has 0 fully saturated rings. The molecule has 52 valence electrons. The lowest BCUT2D eigenvalue weighted by Gasteiger charge is -1.91. The van der Waals surface area contributed by atoms with Crippen LogP contribution in [0.5, 0.6) is 0 Å². The molecule has 0 radical (unpaired) electrons. The highest BCUT2D eigenvalue weighted by Crippen LogP contribution is 2.21. The van der Waals surface area contributed by atoms with E-state index in [1.807, 2.05) is 0 Å². The summed E-state index contributed by atoms with van der Waals surface area (Å²) in [7, 11) is 0. The SMILES string of the molecule is C=C(C(=O)O)C(=O)C1=CC1. The van der Waals surface area contributed by atoms with Crippen molar-refractivity contribution < 1.29 is 14.7 Å². The van der Waals surface area contributed by atoms with Crippen molar-refractivity contribution in [3.05, 3.63) is 23.8 Å². The Morgan fingerprint density at radius 2 is 2.10 bits per heavy atom. The predicted octanol–water partition coefficient (Wildman–Crippen LogP) is 0.526. The fourth-order valence-electron chi connectivity index (χ4n) is 0.527. The number of carboxylic acids is 1. The molecule has 0 bridgehead atoms. The molecule has 0 aromatic rings. The van der Waals surface area contributed by atoms with E-state index in [-0.39, 0.29) is 5.57 Å². The summed E-state index contributed by atoms with van der Waals surface area (Å²) in [6, 6.07) is 0. The topological polar surface area (TPSA) is 54.4 Å². The first-order valence-electron chi connectivity index (χ1n) is 2.79. The molecule has 3 nitrogen and oxygen atoms in total. The van der Waals surface area contributed by atoms with Gasteiger partial charge in [-0.2, -0.15) is 0 Å². The lowest BCUT2D eigenvalue weighted by Crippen LogP contribution is -2.09. The smallest absolute Gasteiger partial charge is 0.339 e. The molecule has 0 aromatic heterocycles. The van der Waals surface area contributed by atoms with E-state index in [4.69, 9.17) is 5.11 Å². The Hall–Kier alpha value is -1.38. The van der Waals surface area contributed by atoms with Crippen molar-refractivity contribution in [3.63, 3.8) is 0 Å². The van der Waals surface area contributed by atoms with E-state index in [1.54, 1.807) is 6.08 Å². The van der Waals surface area contributed by atoms with E-state index < -0.39 is 11.8 Å². The molecule has 1 rings (SSSR count). The first-order valence-corrected chi connectivity index (χ1v) is 2.79. The molecule has 0 saturated heterocycles. The number of aliphatic carboxylic acids is 1. The van der Waals surface area contributed by atoms with Crippen LogP contribution in [0.25, 0.3) is 0 Å². The maximum absolute atomic E-state index is 10.8. The molecule has 1 N–H and O–H groups in total. The minimum absolute atomic E-state index is 0.344. The third-order valence-corrected chi connectivity index (χ3v) is 1.23. The molecule has 0 aliphatic heterocycles. The number of carbonyl (C=O) groups is 2. The van der Waals surface area contributed by atoms with Gasteiger partial charge in [-0.3, -0.25) is 4.79 Å². The van der Waals surface area contributed by atoms with Crippen LogP contribution in [0, 0.1) is 0 Å². The number of carbonyl (C=O) groups excluding carboxylic acids is 1. The van der Waals surface area contributed by atoms with Gasteiger partial charge in [-0.1, -0.05) is 12.7 Å². The van der Waals surface area contributed by atoms with E-state index >= 15 is 0 Å². The number of carboxylic acid groups (broad SMARTS) is 1. The Balaban J connectivity index is 2.65. The van der Waals surface area contributed by atoms with E-state index in [1.165, 1.54) is 0 Å². The number of rotatable bonds is 3. The second kappa shape index (κ2) is 2.10. The van der Waals surface area contributed by atoms with Crippen molar-refractivity contribution in [2.75, 3.05) is 0 Å². The zero-order chi connectivity index (χ0) is 7.72. The fraction of sp³-hybridized carbons (Fsp3) is 0.143. The van der Waals surface area contributed by atoms with Gasteiger partial charge in [0.15, 0.2) is 5.78 Å². The van der Waals surface area contributed by atoms with Gasteiger partial charge in [-0.15, -0.1) is 0 Å². The maximum atomic E-state index is 10.8. The summed E-state index contributed by atoms with van der Waals surface area (Å²) in [5.41, 5.74) is 0.219. The molecule has 1 aliphatic rings. The Labute approximate surface area is 57.7 Å². The summed E-state index contributed by atoms with van der Waals surface area (Å²) in [6.45, 7) is 3.13. The van der Waals surface area contributed by atoms with Gasteiger partial charge >= 0.3 is 5.97 Å². The molecular weight excluding hydrogens is 132 g/mol. The fourth-order valence-corrected chi connectivity index (χ4v) is 0.527. The van der Waals surface area contributed by atoms with Gasteiger partial charge in [-0.05, 0) is 6.42 Å². The number of hydrogen-bond donors (Lipinski definition) is 1. The molecule has 0 spiro atoms. The van der Waals surface area contributed by atoms with Crippen molar-refractivity contribution >= 4 is 11.8 Å². The second-order valence-electron chi connectivity index (χ2n) is 2.05. The highest BCUT2D eigenvalue weighted by Gasteiger charge is 2.23. The standard InChI is InChI=1S/C7H6O3/c1-4(7(9)10)6(8)5-2-3-5/h2H,1,3H2,(H,9,10). The van der Waals surface area contributed by atoms with Gasteiger partial charge in [0.1, 0.15) is 0 Å². The van der Waals surface area contributed by atoms with Crippen LogP contribution in [0.4, 0.5) is 0 Å². The second-order valence-corrected chi connectivity index (χ2v) is 2.05. The lowest BCUT2D eigenvalue weighted by molar-refractivity contribution is -0.134. The number of ketones is 1. The van der Waals surface area contributed by atoms with Crippen LogP contribution in [-0.4, -0.2) is 16.9 Å². The van der Waals surface area contributed by atoms with Crippen LogP contribution in [0.15, 0.2) is 23.8 Å². The lowest BCUT2D eigenvalue weighted by atomic mass is 10.1. The summed E-state index contributed by atoms with van der Waals surface area (Å²) in [4.78, 5) is 20.9. The van der Waals surface area contributed by atoms with Crippen LogP contribution >= 0.6 is 0 Å². The monoisotopic (exact) mass is 138 g/mol. The summed E-state index contributed by atoms with van der Waals surface area (Å²) < 4.78 is 0. The third kappa shape index (κ3) is 1.13. The summed E-state index contributed by atoms with van der Waals surface area (Å²) in [5, 5.41) is 8.28. The predicted molar refractivity (Wildman–Crippen MR) is 34.5 cm³/mol. The van der Waals surface area contributed by atoms with E-state index in [2.05, 4.69) is 6.58 Å². The summed E-state index contributed by atoms with van der Waals surface area (Å²) in [6.07, 6.45) is 2.29. The zero-order valence-corrected chi connectivity index (χ0v) is 5.26. The Kier molecular flexibility index (Phi) is 1.41. The zero-order valence-electron chi connectivity index (χ0n) is 5.26. The Morgan fingerprint density at radius 3 is 2.40 bits per heavy atom. The van der Waals surface area contributed by atoms with Crippen molar-refractivity contribution in [1.29, 1.82) is 0 Å². The first kappa shape index (κ1) is 6.74. The first-order chi connectivity index (χ1) is 4.63. The van der Waals surface area contributed by atoms with Crippen LogP contribution in [0.2, 0.25) is 0 Å². The highest BCUT2D eigenvalue weighted by molar-refractivity contribution is 6.24. The number of Topliss-reactive ketones (excluding diaryl/α,β-unsaturated/α-hetero) is 1. The normalized spacial score (nSPS) is 13.8. The number of hydrogen-bond acceptors (Lipinski definition) is 2. The molecule has 0 unspecified atom stereocenters. The molecule has 10 heavy (non-hydrogen) atoms. The van der Waals surface area contributed by atoms with Crippen molar-refractivity contribution in [2.45, 2.75) is 6.42 Å². The molecule has 0 heterocycles. The third-order valence-electron chi connectivity index (χ3n) is 1.23. The average molecular weight is 138 g/mol. The highest BCUT2D eigenvalue weighted by atomic mass is 16.4. The van der Waals surface area contributed by atoms with Crippen molar-refractivity contribution in [1.82, 2.24) is 0 Å². The average Bonchev–Trinajstić information content (AvgIpc) is 2.65. The van der Waals surface area contributed by atoms with Gasteiger partial charge in [0.25, 0.3) is 0 Å². The molecular formula is C7H6O3. The van der Waals surface area contributed by atoms with Gasteiger partial charge in [0.05, 0.1) is 5.57 Å².